The number of benzene rings is 3. The Kier molecular flexibility index (Phi) is 40.7. The maximum atomic E-state index is 12.4. The highest BCUT2D eigenvalue weighted by molar-refractivity contribution is 6.23. The van der Waals surface area contributed by atoms with Crippen LogP contribution in [0.25, 0.3) is 0 Å². The third-order valence-corrected chi connectivity index (χ3v) is 16.3. The van der Waals surface area contributed by atoms with Gasteiger partial charge >= 0.3 is 24.4 Å². The first kappa shape index (κ1) is 96.2. The average molecular weight is 1560 g/mol. The molecule has 0 radical (unpaired) electrons. The van der Waals surface area contributed by atoms with Gasteiger partial charge in [0.2, 0.25) is 0 Å². The third-order valence-electron chi connectivity index (χ3n) is 16.3. The van der Waals surface area contributed by atoms with Crippen LogP contribution in [0, 0.1) is 48.4 Å². The van der Waals surface area contributed by atoms with Crippen LogP contribution in [0.2, 0.25) is 0 Å². The van der Waals surface area contributed by atoms with Crippen LogP contribution in [0.5, 0.6) is 0 Å². The monoisotopic (exact) mass is 1560 g/mol. The molecule has 0 spiro atoms. The number of aliphatic hydroxyl groups is 1. The quantitative estimate of drug-likeness (QED) is 0.0318. The van der Waals surface area contributed by atoms with Gasteiger partial charge in [0.05, 0.1) is 111 Å². The smallest absolute Gasteiger partial charge is 0.410 e. The van der Waals surface area contributed by atoms with Crippen molar-refractivity contribution in [3.8, 4) is 48.4 Å². The highest BCUT2D eigenvalue weighted by Gasteiger charge is 2.38. The van der Waals surface area contributed by atoms with Crippen LogP contribution in [0.4, 0.5) is 19.2 Å². The molecule has 10 amide bonds. The molecule has 4 saturated heterocycles. The van der Waals surface area contributed by atoms with Crippen molar-refractivity contribution < 1.29 is 96.4 Å². The molecule has 0 unspecified atom stereocenters. The molecule has 4 atom stereocenters. The fourth-order valence-electron chi connectivity index (χ4n) is 11.3. The van der Waals surface area contributed by atoms with Gasteiger partial charge in [-0.2, -0.15) is 0 Å². The zero-order chi connectivity index (χ0) is 82.7. The van der Waals surface area contributed by atoms with Crippen LogP contribution in [-0.2, 0) is 37.9 Å². The fraction of sp³-hybridized carbons (Fsp3) is 0.561. The fourth-order valence-corrected chi connectivity index (χ4v) is 11.3. The molecule has 9 N–H and O–H groups in total. The summed E-state index contributed by atoms with van der Waals surface area (Å²) in [4.78, 5) is 131. The van der Waals surface area contributed by atoms with E-state index < -0.39 is 34.6 Å². The van der Waals surface area contributed by atoms with Gasteiger partial charge in [-0.05, 0) is 170 Å². The Morgan fingerprint density at radius 1 is 0.455 bits per heavy atom. The molecule has 112 heavy (non-hydrogen) atoms. The number of carbonyl (C=O) groups excluding carboxylic acids is 10. The van der Waals surface area contributed by atoms with Gasteiger partial charge in [0.25, 0.3) is 35.4 Å². The van der Waals surface area contributed by atoms with E-state index in [1.54, 1.807) is 99.3 Å². The number of carbonyl (C=O) groups is 10. The number of terminal acetylenes is 2. The molecule has 7 aliphatic rings. The molecule has 0 bridgehead atoms. The van der Waals surface area contributed by atoms with Gasteiger partial charge in [0.1, 0.15) is 34.6 Å². The van der Waals surface area contributed by atoms with Crippen molar-refractivity contribution in [2.45, 2.75) is 188 Å². The van der Waals surface area contributed by atoms with Gasteiger partial charge in [-0.3, -0.25) is 55.2 Å². The highest BCUT2D eigenvalue weighted by atomic mass is 16.6. The lowest BCUT2D eigenvalue weighted by Gasteiger charge is -2.34. The summed E-state index contributed by atoms with van der Waals surface area (Å²) in [5.74, 6) is 22.0. The average Bonchev–Trinajstić information content (AvgIpc) is 1.65. The van der Waals surface area contributed by atoms with Crippen molar-refractivity contribution in [2.24, 2.45) is 17.4 Å². The van der Waals surface area contributed by atoms with E-state index in [0.29, 0.717) is 119 Å². The number of hydrogen-bond donors (Lipinski definition) is 4. The molecule has 30 nitrogen and oxygen atoms in total. The molecule has 3 aromatic rings. The lowest BCUT2D eigenvalue weighted by molar-refractivity contribution is -0.0452. The number of hydrazine groups is 1. The highest BCUT2D eigenvalue weighted by Crippen LogP contribution is 2.27. The van der Waals surface area contributed by atoms with Crippen LogP contribution in [0.1, 0.15) is 204 Å². The molecule has 4 fully saturated rings. The number of morpholine rings is 4. The second-order valence-corrected chi connectivity index (χ2v) is 29.9. The molecular formula is C82H116N10O20. The van der Waals surface area contributed by atoms with Crippen LogP contribution in [0.3, 0.4) is 0 Å². The standard InChI is InChI=1S/C22H30N2O5.C22H22N2O5.C14H28N2O3.C11H17NO3.C11H7NO2.C2H6O.H4N2.H2O/c2*1-22(2,3)29-21(27)23-13-14-28-16(15-23)9-5-4-8-12-24-19(25)17-10-6-7-11-18(17)20(24)26;1-14(2,3)19-13(17)16-9-10-18-12(11-16)7-5-4-6-8-15;1-5-9-8-12(6-7-14-9)10(13)15-11(2,3)4;1-2-7-12-10(13)8-5-3-4-6-9(8)11(12)14;1-2-3;1-2;/h6-7,10-11,16H,4-5,8-9,12-15H2,1-3H3;6-7,10-11,16H,12-15H2,1-3H3;12H,4-11,15H2,1-3H3;1,9H,6-8H2,2-4H3;1,3-6H,7H2;3H,2H2,1H3;1-2H2;1H2/t2*16-;12-;9-;;;;/m1111..../s1. The van der Waals surface area contributed by atoms with E-state index in [9.17, 15) is 47.9 Å². The summed E-state index contributed by atoms with van der Waals surface area (Å²) in [6, 6.07) is 20.4. The molecule has 614 valence electrons. The molecule has 0 saturated carbocycles. The van der Waals surface area contributed by atoms with E-state index in [1.165, 1.54) is 4.90 Å². The lowest BCUT2D eigenvalue weighted by Crippen LogP contribution is -2.47. The van der Waals surface area contributed by atoms with Crippen LogP contribution in [0.15, 0.2) is 72.8 Å². The number of imide groups is 3. The summed E-state index contributed by atoms with van der Waals surface area (Å²) in [7, 11) is 0. The summed E-state index contributed by atoms with van der Waals surface area (Å²) in [5.41, 5.74) is 6.14. The van der Waals surface area contributed by atoms with E-state index in [1.807, 2.05) is 83.1 Å². The SMILES string of the molecule is C#CCN1C(=O)c2ccccc2C1=O.C#C[C@@H]1CN(C(=O)OC(C)(C)C)CCO1.CC(C)(C)OC(=O)N1CCO[C@H](C#CC#CCN2C(=O)c3ccccc3C2=O)C1.CC(C)(C)OC(=O)N1CCO[C@H](CCCCCN)C1.CC(C)(C)OC(=O)N1CCO[C@H](CCCCCN2C(=O)c3ccccc3C2=O)C1.CCO.NN.O. The first-order valence-corrected chi connectivity index (χ1v) is 37.3. The van der Waals surface area contributed by atoms with Gasteiger partial charge in [-0.1, -0.05) is 85.8 Å². The second kappa shape index (κ2) is 47.4. The number of ether oxygens (including phenoxy) is 8. The van der Waals surface area contributed by atoms with Gasteiger partial charge < -0.3 is 73.8 Å². The zero-order valence-electron chi connectivity index (χ0n) is 67.2. The minimum absolute atomic E-state index is 0. The van der Waals surface area contributed by atoms with Crippen LogP contribution >= 0.6 is 0 Å². The Balaban J connectivity index is 0.000000367. The molecule has 0 aromatic heterocycles. The summed E-state index contributed by atoms with van der Waals surface area (Å²) in [6.45, 7) is 31.2. The Hall–Kier alpha value is -9.96. The number of rotatable bonds is 13. The van der Waals surface area contributed by atoms with Crippen molar-refractivity contribution in [3.05, 3.63) is 106 Å². The summed E-state index contributed by atoms with van der Waals surface area (Å²) >= 11 is 0. The van der Waals surface area contributed by atoms with E-state index in [-0.39, 0.29) is 97.2 Å². The molecule has 3 aromatic carbocycles. The molecule has 30 heteroatoms. The summed E-state index contributed by atoms with van der Waals surface area (Å²) in [6.07, 6.45) is 16.1. The zero-order valence-corrected chi connectivity index (χ0v) is 67.2. The number of amides is 10. The maximum absolute atomic E-state index is 12.4. The van der Waals surface area contributed by atoms with Crippen molar-refractivity contribution in [2.75, 3.05) is 112 Å². The molecule has 10 rings (SSSR count). The Morgan fingerprint density at radius 2 is 0.759 bits per heavy atom. The molecule has 7 heterocycles. The van der Waals surface area contributed by atoms with Gasteiger partial charge in [0, 0.05) is 39.3 Å². The number of nitrogens with two attached hydrogens (primary N) is 3. The number of unbranched alkanes of at least 4 members (excludes halogenated alkanes) is 4. The normalized spacial score (nSPS) is 18.2. The Labute approximate surface area is 659 Å². The van der Waals surface area contributed by atoms with Crippen molar-refractivity contribution in [1.82, 2.24) is 34.3 Å². The number of fused-ring (bicyclic) bond motifs is 3. The van der Waals surface area contributed by atoms with Crippen molar-refractivity contribution in [1.29, 1.82) is 0 Å². The first-order valence-electron chi connectivity index (χ1n) is 37.3. The first-order chi connectivity index (χ1) is 52.5. The van der Waals surface area contributed by atoms with E-state index in [0.717, 1.165) is 67.7 Å². The Bertz CT molecular complexity index is 3740. The van der Waals surface area contributed by atoms with Crippen LogP contribution < -0.4 is 17.4 Å². The number of hydrogen-bond acceptors (Lipinski definition) is 22. The van der Waals surface area contributed by atoms with Gasteiger partial charge in [-0.25, -0.2) is 19.2 Å². The molecular weight excluding hydrogens is 1440 g/mol. The van der Waals surface area contributed by atoms with Gasteiger partial charge in [-0.15, -0.1) is 12.8 Å². The van der Waals surface area contributed by atoms with Crippen LogP contribution in [-0.4, -0.2) is 263 Å². The van der Waals surface area contributed by atoms with Crippen molar-refractivity contribution >= 4 is 59.8 Å². The van der Waals surface area contributed by atoms with Crippen molar-refractivity contribution in [3.63, 3.8) is 0 Å². The number of nitrogens with zero attached hydrogens (tertiary/aromatic N) is 7. The minimum atomic E-state index is -0.563. The largest absolute Gasteiger partial charge is 0.444 e. The summed E-state index contributed by atoms with van der Waals surface area (Å²) < 4.78 is 43.7. The Morgan fingerprint density at radius 3 is 1.09 bits per heavy atom. The number of aliphatic hydroxyl groups excluding tert-OH is 1. The second-order valence-electron chi connectivity index (χ2n) is 29.9. The van der Waals surface area contributed by atoms with E-state index in [4.69, 9.17) is 61.6 Å². The molecule has 0 aliphatic carbocycles. The predicted molar refractivity (Wildman–Crippen MR) is 420 cm³/mol. The topological polar surface area (TPSA) is 397 Å². The maximum Gasteiger partial charge on any atom is 0.410 e. The van der Waals surface area contributed by atoms with Gasteiger partial charge in [0.15, 0.2) is 0 Å². The van der Waals surface area contributed by atoms with E-state index >= 15 is 0 Å². The van der Waals surface area contributed by atoms with E-state index in [2.05, 4.69) is 47.2 Å². The molecule has 7 aliphatic heterocycles. The minimum Gasteiger partial charge on any atom is -0.444 e. The predicted octanol–water partition coefficient (Wildman–Crippen LogP) is 7.71. The summed E-state index contributed by atoms with van der Waals surface area (Å²) in [5, 5.41) is 7.57. The lowest BCUT2D eigenvalue weighted by atomic mass is 10.1. The third kappa shape index (κ3) is 32.4.